The van der Waals surface area contributed by atoms with Crippen LogP contribution in [0.2, 0.25) is 15.5 Å². The minimum Gasteiger partial charge on any atom is -0.348 e. The quantitative estimate of drug-likeness (QED) is 0.168. The van der Waals surface area contributed by atoms with Gasteiger partial charge in [-0.3, -0.25) is 9.97 Å². The van der Waals surface area contributed by atoms with Crippen molar-refractivity contribution in [2.24, 2.45) is 0 Å². The first kappa shape index (κ1) is 36.6. The maximum absolute atomic E-state index is 13.2. The standard InChI is InChI=1S/C16H15ClF3N3.C9H12N2.C7H4Cl2F3N/c1-10-11(16(18,19)20)9-14(22-15(10)17)23-8-4-6-13(23)12-5-2-3-7-21-12;1-2-6-10-8(4-1)9-5-3-7-11-9;1-3-4(7(10,11)12)2-5(8)13-6(3)9/h2-3,5,7,9,13H,4,6,8H2,1H3;1-2,4,6,9,11H,3,5,7H2;2H,1H3. The number of hydrogen-bond donors (Lipinski definition) is 1. The first-order chi connectivity index (χ1) is 22.2. The number of aromatic nitrogens is 4. The van der Waals surface area contributed by atoms with E-state index in [9.17, 15) is 26.3 Å². The summed E-state index contributed by atoms with van der Waals surface area (Å²) in [6.45, 7) is 4.35. The van der Waals surface area contributed by atoms with Crippen molar-refractivity contribution in [2.75, 3.05) is 18.0 Å². The lowest BCUT2D eigenvalue weighted by Gasteiger charge is -2.26. The van der Waals surface area contributed by atoms with Gasteiger partial charge >= 0.3 is 12.4 Å². The summed E-state index contributed by atoms with van der Waals surface area (Å²) in [4.78, 5) is 18.1. The molecule has 0 radical (unpaired) electrons. The van der Waals surface area contributed by atoms with Crippen LogP contribution in [0.5, 0.6) is 0 Å². The molecule has 6 nitrogen and oxygen atoms in total. The molecule has 2 atom stereocenters. The van der Waals surface area contributed by atoms with Gasteiger partial charge in [-0.2, -0.15) is 26.3 Å². The van der Waals surface area contributed by atoms with Gasteiger partial charge in [-0.15, -0.1) is 0 Å². The van der Waals surface area contributed by atoms with E-state index in [1.54, 1.807) is 6.20 Å². The number of anilines is 1. The van der Waals surface area contributed by atoms with E-state index < -0.39 is 23.5 Å². The monoisotopic (exact) mass is 718 g/mol. The molecule has 252 valence electrons. The summed E-state index contributed by atoms with van der Waals surface area (Å²) in [5.41, 5.74) is 0.272. The molecule has 6 rings (SSSR count). The predicted octanol–water partition coefficient (Wildman–Crippen LogP) is 10.0. The van der Waals surface area contributed by atoms with Crippen LogP contribution in [0.1, 0.15) is 71.4 Å². The molecule has 0 aromatic carbocycles. The highest BCUT2D eigenvalue weighted by atomic mass is 35.5. The van der Waals surface area contributed by atoms with Gasteiger partial charge in [0.1, 0.15) is 21.3 Å². The summed E-state index contributed by atoms with van der Waals surface area (Å²) in [6, 6.07) is 13.9. The van der Waals surface area contributed by atoms with Crippen molar-refractivity contribution < 1.29 is 26.3 Å². The third-order valence-electron chi connectivity index (χ3n) is 7.67. The zero-order chi connectivity index (χ0) is 34.4. The molecule has 1 N–H and O–H groups in total. The molecule has 0 amide bonds. The smallest absolute Gasteiger partial charge is 0.348 e. The van der Waals surface area contributed by atoms with Crippen LogP contribution in [0.3, 0.4) is 0 Å². The summed E-state index contributed by atoms with van der Waals surface area (Å²) in [6.07, 6.45) is -1.15. The van der Waals surface area contributed by atoms with Crippen LogP contribution in [0, 0.1) is 13.8 Å². The number of hydrogen-bond acceptors (Lipinski definition) is 6. The van der Waals surface area contributed by atoms with Crippen LogP contribution >= 0.6 is 34.8 Å². The Bertz CT molecular complexity index is 1620. The molecule has 15 heteroatoms. The SMILES string of the molecule is Cc1c(C(F)(F)F)cc(Cl)nc1Cl.Cc1c(C(F)(F)F)cc(N2CCCC2c2ccccn2)nc1Cl.c1ccc(C2CCCN2)nc1. The topological polar surface area (TPSA) is 66.8 Å². The summed E-state index contributed by atoms with van der Waals surface area (Å²) >= 11 is 16.7. The molecule has 47 heavy (non-hydrogen) atoms. The second-order valence-electron chi connectivity index (χ2n) is 10.9. The summed E-state index contributed by atoms with van der Waals surface area (Å²) in [7, 11) is 0. The molecule has 0 aliphatic carbocycles. The van der Waals surface area contributed by atoms with Crippen molar-refractivity contribution in [2.45, 2.75) is 64.0 Å². The van der Waals surface area contributed by atoms with Crippen LogP contribution in [-0.4, -0.2) is 33.0 Å². The van der Waals surface area contributed by atoms with Crippen LogP contribution in [0.25, 0.3) is 0 Å². The zero-order valence-electron chi connectivity index (χ0n) is 25.3. The number of rotatable bonds is 3. The number of nitrogens with one attached hydrogen (secondary N) is 1. The van der Waals surface area contributed by atoms with E-state index in [2.05, 4.69) is 31.3 Å². The van der Waals surface area contributed by atoms with Gasteiger partial charge in [0.2, 0.25) is 0 Å². The number of alkyl halides is 6. The van der Waals surface area contributed by atoms with Crippen molar-refractivity contribution in [1.29, 1.82) is 0 Å². The fourth-order valence-corrected chi connectivity index (χ4v) is 5.91. The summed E-state index contributed by atoms with van der Waals surface area (Å²) in [5.74, 6) is 0.251. The van der Waals surface area contributed by atoms with Gasteiger partial charge in [-0.25, -0.2) is 9.97 Å². The molecular formula is C32H31Cl3F6N6. The van der Waals surface area contributed by atoms with E-state index in [0.717, 1.165) is 37.2 Å². The molecule has 2 saturated heterocycles. The van der Waals surface area contributed by atoms with E-state index in [-0.39, 0.29) is 38.4 Å². The molecule has 2 aliphatic rings. The first-order valence-corrected chi connectivity index (χ1v) is 15.8. The number of nitrogens with zero attached hydrogens (tertiary/aromatic N) is 5. The minimum atomic E-state index is -4.45. The largest absolute Gasteiger partial charge is 0.416 e. The highest BCUT2D eigenvalue weighted by Gasteiger charge is 2.36. The molecule has 4 aromatic rings. The van der Waals surface area contributed by atoms with Crippen LogP contribution in [0.4, 0.5) is 32.2 Å². The Morgan fingerprint density at radius 1 is 0.745 bits per heavy atom. The molecule has 0 bridgehead atoms. The van der Waals surface area contributed by atoms with Gasteiger partial charge in [-0.05, 0) is 93.6 Å². The van der Waals surface area contributed by atoms with Gasteiger partial charge < -0.3 is 10.2 Å². The molecule has 0 saturated carbocycles. The van der Waals surface area contributed by atoms with Gasteiger partial charge in [0.25, 0.3) is 0 Å². The zero-order valence-corrected chi connectivity index (χ0v) is 27.6. The van der Waals surface area contributed by atoms with E-state index >= 15 is 0 Å². The fourth-order valence-electron chi connectivity index (χ4n) is 5.29. The lowest BCUT2D eigenvalue weighted by molar-refractivity contribution is -0.138. The highest BCUT2D eigenvalue weighted by Crippen LogP contribution is 2.40. The second-order valence-corrected chi connectivity index (χ2v) is 12.0. The van der Waals surface area contributed by atoms with E-state index in [1.807, 2.05) is 41.4 Å². The van der Waals surface area contributed by atoms with Gasteiger partial charge in [0.15, 0.2) is 0 Å². The second kappa shape index (κ2) is 15.8. The molecule has 2 aliphatic heterocycles. The Balaban J connectivity index is 0.000000176. The highest BCUT2D eigenvalue weighted by molar-refractivity contribution is 6.33. The minimum absolute atomic E-state index is 0.0449. The lowest BCUT2D eigenvalue weighted by Crippen LogP contribution is -2.25. The van der Waals surface area contributed by atoms with E-state index in [0.29, 0.717) is 12.6 Å². The number of halogens is 9. The summed E-state index contributed by atoms with van der Waals surface area (Å²) in [5, 5.41) is 2.82. The molecule has 2 unspecified atom stereocenters. The van der Waals surface area contributed by atoms with Crippen LogP contribution < -0.4 is 10.2 Å². The average Bonchev–Trinajstić information content (AvgIpc) is 3.74. The lowest BCUT2D eigenvalue weighted by atomic mass is 10.1. The number of pyridine rings is 4. The predicted molar refractivity (Wildman–Crippen MR) is 171 cm³/mol. The Hall–Kier alpha value is -3.19. The molecule has 0 spiro atoms. The van der Waals surface area contributed by atoms with Gasteiger partial charge in [-0.1, -0.05) is 46.9 Å². The molecule has 4 aromatic heterocycles. The Labute approximate surface area is 283 Å². The first-order valence-electron chi connectivity index (χ1n) is 14.6. The van der Waals surface area contributed by atoms with Gasteiger partial charge in [0, 0.05) is 25.0 Å². The van der Waals surface area contributed by atoms with Crippen LogP contribution in [-0.2, 0) is 12.4 Å². The van der Waals surface area contributed by atoms with Gasteiger partial charge in [0.05, 0.1) is 28.6 Å². The van der Waals surface area contributed by atoms with E-state index in [4.69, 9.17) is 34.8 Å². The maximum Gasteiger partial charge on any atom is 0.416 e. The molecule has 2 fully saturated rings. The van der Waals surface area contributed by atoms with Crippen LogP contribution in [0.15, 0.2) is 60.9 Å². The van der Waals surface area contributed by atoms with Crippen molar-refractivity contribution in [3.05, 3.63) is 110 Å². The average molecular weight is 720 g/mol. The Kier molecular flexibility index (Phi) is 12.3. The summed E-state index contributed by atoms with van der Waals surface area (Å²) < 4.78 is 76.4. The third-order valence-corrected chi connectivity index (χ3v) is 8.60. The normalized spacial score (nSPS) is 17.9. The Morgan fingerprint density at radius 3 is 1.85 bits per heavy atom. The maximum atomic E-state index is 13.2. The van der Waals surface area contributed by atoms with Crippen molar-refractivity contribution in [1.82, 2.24) is 25.3 Å². The van der Waals surface area contributed by atoms with Crippen molar-refractivity contribution in [3.8, 4) is 0 Å². The van der Waals surface area contributed by atoms with Crippen molar-refractivity contribution >= 4 is 40.6 Å². The van der Waals surface area contributed by atoms with E-state index in [1.165, 1.54) is 32.4 Å². The molecular weight excluding hydrogens is 689 g/mol. The third kappa shape index (κ3) is 9.68. The fraction of sp³-hybridized carbons (Fsp3) is 0.375. The Morgan fingerprint density at radius 2 is 1.32 bits per heavy atom. The molecule has 6 heterocycles. The van der Waals surface area contributed by atoms with Crippen molar-refractivity contribution in [3.63, 3.8) is 0 Å².